The van der Waals surface area contributed by atoms with Crippen LogP contribution in [0, 0.1) is 13.8 Å². The molecule has 28 heavy (non-hydrogen) atoms. The van der Waals surface area contributed by atoms with Crippen molar-refractivity contribution in [3.63, 3.8) is 0 Å². The highest BCUT2D eigenvalue weighted by Gasteiger charge is 2.11. The van der Waals surface area contributed by atoms with Crippen LogP contribution in [-0.4, -0.2) is 23.3 Å². The van der Waals surface area contributed by atoms with Gasteiger partial charge in [0.2, 0.25) is 0 Å². The average Bonchev–Trinajstić information content (AvgIpc) is 2.68. The van der Waals surface area contributed by atoms with Gasteiger partial charge in [0.05, 0.1) is 5.52 Å². The molecule has 0 saturated heterocycles. The first-order valence-electron chi connectivity index (χ1n) is 8.80. The van der Waals surface area contributed by atoms with Crippen LogP contribution in [0.15, 0.2) is 42.5 Å². The molecule has 0 aliphatic heterocycles. The number of aromatic nitrogens is 1. The van der Waals surface area contributed by atoms with Gasteiger partial charge in [0, 0.05) is 16.5 Å². The minimum absolute atomic E-state index is 0.0141. The lowest BCUT2D eigenvalue weighted by atomic mass is 10.0. The van der Waals surface area contributed by atoms with E-state index in [0.717, 1.165) is 22.0 Å². The molecule has 0 spiro atoms. The van der Waals surface area contributed by atoms with Gasteiger partial charge in [-0.3, -0.25) is 4.79 Å². The zero-order chi connectivity index (χ0) is 20.3. The highest BCUT2D eigenvalue weighted by atomic mass is 35.5. The molecule has 0 N–H and O–H groups in total. The lowest BCUT2D eigenvalue weighted by molar-refractivity contribution is -0.147. The number of halogens is 1. The number of pyridine rings is 1. The maximum atomic E-state index is 12.0. The Morgan fingerprint density at radius 1 is 1.07 bits per heavy atom. The van der Waals surface area contributed by atoms with Crippen molar-refractivity contribution >= 4 is 34.3 Å². The van der Waals surface area contributed by atoms with Crippen LogP contribution in [0.1, 0.15) is 34.0 Å². The summed E-state index contributed by atoms with van der Waals surface area (Å²) in [7, 11) is 0. The number of ether oxygens (including phenoxy) is 2. The number of nitrogens with zero attached hydrogens (tertiary/aromatic N) is 1. The Bertz CT molecular complexity index is 1040. The number of carbonyl (C=O) groups excluding carboxylic acids is 2. The monoisotopic (exact) mass is 397 g/mol. The molecular formula is C22H20ClNO4. The third-order valence-corrected chi connectivity index (χ3v) is 4.87. The van der Waals surface area contributed by atoms with E-state index in [1.54, 1.807) is 24.3 Å². The van der Waals surface area contributed by atoms with Crippen LogP contribution >= 0.6 is 11.6 Å². The van der Waals surface area contributed by atoms with Crippen LogP contribution in [0.3, 0.4) is 0 Å². The van der Waals surface area contributed by atoms with Gasteiger partial charge in [-0.25, -0.2) is 9.78 Å². The summed E-state index contributed by atoms with van der Waals surface area (Å²) < 4.78 is 10.6. The van der Waals surface area contributed by atoms with Gasteiger partial charge in [-0.05, 0) is 62.2 Å². The van der Waals surface area contributed by atoms with Crippen molar-refractivity contribution in [3.8, 4) is 5.75 Å². The average molecular weight is 398 g/mol. The van der Waals surface area contributed by atoms with Crippen molar-refractivity contribution in [2.24, 2.45) is 0 Å². The lowest BCUT2D eigenvalue weighted by Gasteiger charge is -2.11. The zero-order valence-electron chi connectivity index (χ0n) is 15.9. The second kappa shape index (κ2) is 8.40. The molecule has 0 radical (unpaired) electrons. The van der Waals surface area contributed by atoms with E-state index in [-0.39, 0.29) is 19.0 Å². The van der Waals surface area contributed by atoms with Crippen LogP contribution in [0.5, 0.6) is 5.75 Å². The first kappa shape index (κ1) is 19.8. The maximum absolute atomic E-state index is 12.0. The highest BCUT2D eigenvalue weighted by molar-refractivity contribution is 6.30. The molecule has 0 amide bonds. The molecule has 0 fully saturated rings. The predicted molar refractivity (Wildman–Crippen MR) is 108 cm³/mol. The molecule has 1 heterocycles. The highest BCUT2D eigenvalue weighted by Crippen LogP contribution is 2.25. The minimum Gasteiger partial charge on any atom is -0.482 e. The summed E-state index contributed by atoms with van der Waals surface area (Å²) in [4.78, 5) is 27.7. The standard InChI is InChI=1S/C22H20ClNO4/c1-13-4-5-17-10-18(22(23)24-21(17)14(13)2)11-28-20(26)12-27-19-8-6-16(7-9-19)15(3)25/h4-10H,11-12H2,1-3H3. The number of ketones is 1. The molecule has 0 unspecified atom stereocenters. The van der Waals surface area contributed by atoms with Gasteiger partial charge in [0.15, 0.2) is 12.4 Å². The molecule has 6 heteroatoms. The van der Waals surface area contributed by atoms with Crippen molar-refractivity contribution in [3.05, 3.63) is 69.9 Å². The zero-order valence-corrected chi connectivity index (χ0v) is 16.7. The number of esters is 1. The SMILES string of the molecule is CC(=O)c1ccc(OCC(=O)OCc2cc3ccc(C)c(C)c3nc2Cl)cc1. The number of aryl methyl sites for hydroxylation is 2. The summed E-state index contributed by atoms with van der Waals surface area (Å²) in [6.07, 6.45) is 0. The topological polar surface area (TPSA) is 65.5 Å². The normalized spacial score (nSPS) is 10.7. The first-order chi connectivity index (χ1) is 13.3. The van der Waals surface area contributed by atoms with E-state index in [1.165, 1.54) is 6.92 Å². The number of fused-ring (bicyclic) bond motifs is 1. The van der Waals surface area contributed by atoms with Gasteiger partial charge >= 0.3 is 5.97 Å². The van der Waals surface area contributed by atoms with Gasteiger partial charge < -0.3 is 9.47 Å². The Labute approximate surface area is 168 Å². The largest absolute Gasteiger partial charge is 0.482 e. The van der Waals surface area contributed by atoms with Crippen LogP contribution in [0.4, 0.5) is 0 Å². The van der Waals surface area contributed by atoms with E-state index in [1.807, 2.05) is 32.0 Å². The van der Waals surface area contributed by atoms with Gasteiger partial charge in [-0.2, -0.15) is 0 Å². The lowest BCUT2D eigenvalue weighted by Crippen LogP contribution is -2.15. The second-order valence-corrected chi connectivity index (χ2v) is 6.91. The van der Waals surface area contributed by atoms with Crippen molar-refractivity contribution in [1.82, 2.24) is 4.98 Å². The van der Waals surface area contributed by atoms with E-state index >= 15 is 0 Å². The van der Waals surface area contributed by atoms with Gasteiger partial charge in [0.25, 0.3) is 0 Å². The van der Waals surface area contributed by atoms with E-state index in [2.05, 4.69) is 4.98 Å². The molecule has 3 rings (SSSR count). The third-order valence-electron chi connectivity index (χ3n) is 4.54. The fourth-order valence-corrected chi connectivity index (χ4v) is 2.93. The molecule has 5 nitrogen and oxygen atoms in total. The minimum atomic E-state index is -0.521. The van der Waals surface area contributed by atoms with Crippen LogP contribution in [-0.2, 0) is 16.1 Å². The van der Waals surface area contributed by atoms with Crippen molar-refractivity contribution in [2.75, 3.05) is 6.61 Å². The molecule has 2 aromatic carbocycles. The van der Waals surface area contributed by atoms with E-state index in [0.29, 0.717) is 22.0 Å². The van der Waals surface area contributed by atoms with Crippen molar-refractivity contribution in [1.29, 1.82) is 0 Å². The fourth-order valence-electron chi connectivity index (χ4n) is 2.73. The Balaban J connectivity index is 1.60. The molecule has 0 atom stereocenters. The number of hydrogen-bond donors (Lipinski definition) is 0. The molecule has 0 bridgehead atoms. The number of Topliss-reactive ketones (excluding diaryl/α,β-unsaturated/α-hetero) is 1. The van der Waals surface area contributed by atoms with Crippen LogP contribution in [0.2, 0.25) is 5.15 Å². The molecule has 3 aromatic rings. The van der Waals surface area contributed by atoms with Crippen LogP contribution in [0.25, 0.3) is 10.9 Å². The Kier molecular flexibility index (Phi) is 5.95. The van der Waals surface area contributed by atoms with Gasteiger partial charge in [-0.1, -0.05) is 23.7 Å². The summed E-state index contributed by atoms with van der Waals surface area (Å²) in [6.45, 7) is 5.29. The quantitative estimate of drug-likeness (QED) is 0.338. The Morgan fingerprint density at radius 2 is 1.79 bits per heavy atom. The van der Waals surface area contributed by atoms with Gasteiger partial charge in [0.1, 0.15) is 17.5 Å². The summed E-state index contributed by atoms with van der Waals surface area (Å²) >= 11 is 6.26. The Morgan fingerprint density at radius 3 is 2.46 bits per heavy atom. The summed E-state index contributed by atoms with van der Waals surface area (Å²) in [6, 6.07) is 12.4. The number of carbonyl (C=O) groups is 2. The Hall–Kier alpha value is -2.92. The number of hydrogen-bond acceptors (Lipinski definition) is 5. The van der Waals surface area contributed by atoms with Crippen LogP contribution < -0.4 is 4.74 Å². The smallest absolute Gasteiger partial charge is 0.344 e. The molecule has 144 valence electrons. The number of benzene rings is 2. The summed E-state index contributed by atoms with van der Waals surface area (Å²) in [5.41, 5.74) is 4.28. The van der Waals surface area contributed by atoms with E-state index in [4.69, 9.17) is 21.1 Å². The maximum Gasteiger partial charge on any atom is 0.344 e. The van der Waals surface area contributed by atoms with Crippen molar-refractivity contribution in [2.45, 2.75) is 27.4 Å². The number of rotatable bonds is 6. The molecular weight excluding hydrogens is 378 g/mol. The molecule has 0 aliphatic rings. The fraction of sp³-hybridized carbons (Fsp3) is 0.227. The van der Waals surface area contributed by atoms with E-state index in [9.17, 15) is 9.59 Å². The first-order valence-corrected chi connectivity index (χ1v) is 9.17. The summed E-state index contributed by atoms with van der Waals surface area (Å²) in [5.74, 6) is -0.0673. The molecule has 0 saturated carbocycles. The molecule has 0 aliphatic carbocycles. The second-order valence-electron chi connectivity index (χ2n) is 6.55. The predicted octanol–water partition coefficient (Wildman–Crippen LogP) is 4.83. The van der Waals surface area contributed by atoms with Gasteiger partial charge in [-0.15, -0.1) is 0 Å². The third kappa shape index (κ3) is 4.49. The van der Waals surface area contributed by atoms with Crippen molar-refractivity contribution < 1.29 is 19.1 Å². The summed E-state index contributed by atoms with van der Waals surface area (Å²) in [5, 5.41) is 1.26. The molecule has 1 aromatic heterocycles. The van der Waals surface area contributed by atoms with E-state index < -0.39 is 5.97 Å².